The molecule has 4 rings (SSSR count). The minimum absolute atomic E-state index is 0.482. The van der Waals surface area contributed by atoms with Gasteiger partial charge in [-0.1, -0.05) is 59.6 Å². The SMILES string of the molecule is Clc1ccc(-c2cnncc2-c2cc(-c3ccccc3)cnn2)cc1Cl. The highest BCUT2D eigenvalue weighted by Crippen LogP contribution is 2.34. The molecule has 0 spiro atoms. The number of hydrogen-bond donors (Lipinski definition) is 0. The smallest absolute Gasteiger partial charge is 0.0958 e. The normalized spacial score (nSPS) is 10.7. The summed E-state index contributed by atoms with van der Waals surface area (Å²) in [4.78, 5) is 0. The fraction of sp³-hybridized carbons (Fsp3) is 0. The second-order valence-corrected chi connectivity index (χ2v) is 6.46. The Morgan fingerprint density at radius 2 is 1.35 bits per heavy atom. The average molecular weight is 379 g/mol. The Morgan fingerprint density at radius 3 is 2.12 bits per heavy atom. The Kier molecular flexibility index (Phi) is 4.61. The summed E-state index contributed by atoms with van der Waals surface area (Å²) >= 11 is 12.2. The second kappa shape index (κ2) is 7.20. The molecule has 2 aromatic heterocycles. The molecule has 0 bridgehead atoms. The maximum Gasteiger partial charge on any atom is 0.0958 e. The Labute approximate surface area is 160 Å². The van der Waals surface area contributed by atoms with E-state index in [2.05, 4.69) is 20.4 Å². The summed E-state index contributed by atoms with van der Waals surface area (Å²) in [5, 5.41) is 17.4. The summed E-state index contributed by atoms with van der Waals surface area (Å²) in [5.41, 5.74) is 5.33. The Bertz CT molecular complexity index is 1070. The maximum absolute atomic E-state index is 6.17. The molecule has 0 atom stereocenters. The third-order valence-corrected chi connectivity index (χ3v) is 4.74. The molecule has 0 radical (unpaired) electrons. The molecule has 26 heavy (non-hydrogen) atoms. The first-order valence-electron chi connectivity index (χ1n) is 7.87. The highest BCUT2D eigenvalue weighted by Gasteiger charge is 2.12. The van der Waals surface area contributed by atoms with E-state index in [1.54, 1.807) is 30.7 Å². The van der Waals surface area contributed by atoms with Gasteiger partial charge in [0.1, 0.15) is 0 Å². The van der Waals surface area contributed by atoms with Gasteiger partial charge in [0.05, 0.1) is 34.3 Å². The van der Waals surface area contributed by atoms with Gasteiger partial charge in [0.15, 0.2) is 0 Å². The lowest BCUT2D eigenvalue weighted by Crippen LogP contribution is -1.94. The zero-order valence-corrected chi connectivity index (χ0v) is 15.0. The first kappa shape index (κ1) is 16.6. The van der Waals surface area contributed by atoms with Gasteiger partial charge in [0.25, 0.3) is 0 Å². The van der Waals surface area contributed by atoms with Crippen LogP contribution in [0.15, 0.2) is 73.2 Å². The molecule has 2 heterocycles. The van der Waals surface area contributed by atoms with Crippen LogP contribution in [0, 0.1) is 0 Å². The summed E-state index contributed by atoms with van der Waals surface area (Å²) in [7, 11) is 0. The monoisotopic (exact) mass is 378 g/mol. The number of benzene rings is 2. The number of nitrogens with zero attached hydrogens (tertiary/aromatic N) is 4. The number of halogens is 2. The minimum atomic E-state index is 0.482. The molecule has 0 aliphatic heterocycles. The van der Waals surface area contributed by atoms with Crippen molar-refractivity contribution in [3.05, 3.63) is 83.2 Å². The van der Waals surface area contributed by atoms with E-state index in [9.17, 15) is 0 Å². The molecular weight excluding hydrogens is 367 g/mol. The van der Waals surface area contributed by atoms with E-state index >= 15 is 0 Å². The van der Waals surface area contributed by atoms with Crippen LogP contribution in [0.3, 0.4) is 0 Å². The molecular formula is C20H12Cl2N4. The van der Waals surface area contributed by atoms with Gasteiger partial charge in [-0.25, -0.2) is 0 Å². The van der Waals surface area contributed by atoms with Crippen molar-refractivity contribution >= 4 is 23.2 Å². The lowest BCUT2D eigenvalue weighted by Gasteiger charge is -2.09. The molecule has 4 nitrogen and oxygen atoms in total. The Balaban J connectivity index is 1.83. The van der Waals surface area contributed by atoms with Crippen molar-refractivity contribution in [2.75, 3.05) is 0 Å². The van der Waals surface area contributed by atoms with Gasteiger partial charge in [0, 0.05) is 16.7 Å². The zero-order valence-electron chi connectivity index (χ0n) is 13.5. The van der Waals surface area contributed by atoms with Crippen LogP contribution < -0.4 is 0 Å². The van der Waals surface area contributed by atoms with Crippen LogP contribution >= 0.6 is 23.2 Å². The molecule has 0 saturated carbocycles. The number of aromatic nitrogens is 4. The Morgan fingerprint density at radius 1 is 0.577 bits per heavy atom. The molecule has 0 amide bonds. The third-order valence-electron chi connectivity index (χ3n) is 4.00. The zero-order chi connectivity index (χ0) is 17.9. The average Bonchev–Trinajstić information content (AvgIpc) is 2.71. The van der Waals surface area contributed by atoms with Crippen molar-refractivity contribution in [1.29, 1.82) is 0 Å². The van der Waals surface area contributed by atoms with E-state index in [-0.39, 0.29) is 0 Å². The summed E-state index contributed by atoms with van der Waals surface area (Å²) in [6.07, 6.45) is 5.11. The first-order valence-corrected chi connectivity index (χ1v) is 8.62. The van der Waals surface area contributed by atoms with E-state index in [1.165, 1.54) is 0 Å². The van der Waals surface area contributed by atoms with E-state index in [0.29, 0.717) is 15.7 Å². The molecule has 126 valence electrons. The van der Waals surface area contributed by atoms with Crippen LogP contribution in [0.1, 0.15) is 0 Å². The van der Waals surface area contributed by atoms with E-state index in [4.69, 9.17) is 23.2 Å². The summed E-state index contributed by atoms with van der Waals surface area (Å²) < 4.78 is 0. The molecule has 0 saturated heterocycles. The Hall–Kier alpha value is -2.82. The van der Waals surface area contributed by atoms with Crippen LogP contribution in [-0.4, -0.2) is 20.4 Å². The summed E-state index contributed by atoms with van der Waals surface area (Å²) in [6, 6.07) is 17.5. The molecule has 2 aromatic carbocycles. The van der Waals surface area contributed by atoms with Crippen molar-refractivity contribution < 1.29 is 0 Å². The second-order valence-electron chi connectivity index (χ2n) is 5.64. The highest BCUT2D eigenvalue weighted by atomic mass is 35.5. The van der Waals surface area contributed by atoms with Crippen molar-refractivity contribution in [3.63, 3.8) is 0 Å². The number of rotatable bonds is 3. The lowest BCUT2D eigenvalue weighted by atomic mass is 9.99. The van der Waals surface area contributed by atoms with Crippen LogP contribution in [0.25, 0.3) is 33.5 Å². The van der Waals surface area contributed by atoms with Gasteiger partial charge in [-0.15, -0.1) is 0 Å². The molecule has 0 N–H and O–H groups in total. The van der Waals surface area contributed by atoms with E-state index in [0.717, 1.165) is 27.8 Å². The molecule has 4 aromatic rings. The first-order chi connectivity index (χ1) is 12.7. The van der Waals surface area contributed by atoms with Gasteiger partial charge in [-0.2, -0.15) is 20.4 Å². The standard InChI is InChI=1S/C20H12Cl2N4/c21-18-7-6-14(8-19(18)22)16-11-23-24-12-17(16)20-9-15(10-25-26-20)13-4-2-1-3-5-13/h1-12H. The van der Waals surface area contributed by atoms with E-state index in [1.807, 2.05) is 42.5 Å². The molecule has 0 unspecified atom stereocenters. The van der Waals surface area contributed by atoms with Gasteiger partial charge in [-0.3, -0.25) is 0 Å². The van der Waals surface area contributed by atoms with Crippen molar-refractivity contribution in [2.45, 2.75) is 0 Å². The predicted molar refractivity (Wildman–Crippen MR) is 104 cm³/mol. The van der Waals surface area contributed by atoms with Gasteiger partial charge >= 0.3 is 0 Å². The molecule has 0 fully saturated rings. The predicted octanol–water partition coefficient (Wildman–Crippen LogP) is 5.57. The van der Waals surface area contributed by atoms with Crippen LogP contribution in [0.4, 0.5) is 0 Å². The van der Waals surface area contributed by atoms with Crippen molar-refractivity contribution in [1.82, 2.24) is 20.4 Å². The summed E-state index contributed by atoms with van der Waals surface area (Å²) in [6.45, 7) is 0. The molecule has 0 aliphatic rings. The fourth-order valence-electron chi connectivity index (χ4n) is 2.71. The van der Waals surface area contributed by atoms with Crippen molar-refractivity contribution in [3.8, 4) is 33.5 Å². The number of hydrogen-bond acceptors (Lipinski definition) is 4. The van der Waals surface area contributed by atoms with Crippen molar-refractivity contribution in [2.24, 2.45) is 0 Å². The summed E-state index contributed by atoms with van der Waals surface area (Å²) in [5.74, 6) is 0. The van der Waals surface area contributed by atoms with Crippen LogP contribution in [-0.2, 0) is 0 Å². The van der Waals surface area contributed by atoms with Gasteiger partial charge < -0.3 is 0 Å². The van der Waals surface area contributed by atoms with Crippen LogP contribution in [0.2, 0.25) is 10.0 Å². The fourth-order valence-corrected chi connectivity index (χ4v) is 3.00. The molecule has 6 heteroatoms. The van der Waals surface area contributed by atoms with E-state index < -0.39 is 0 Å². The lowest BCUT2D eigenvalue weighted by molar-refractivity contribution is 1.01. The maximum atomic E-state index is 6.17. The van der Waals surface area contributed by atoms with Crippen LogP contribution in [0.5, 0.6) is 0 Å². The third kappa shape index (κ3) is 3.29. The highest BCUT2D eigenvalue weighted by molar-refractivity contribution is 6.42. The largest absolute Gasteiger partial charge is 0.158 e. The topological polar surface area (TPSA) is 51.6 Å². The quantitative estimate of drug-likeness (QED) is 0.467. The minimum Gasteiger partial charge on any atom is -0.158 e. The molecule has 0 aliphatic carbocycles. The van der Waals surface area contributed by atoms with Gasteiger partial charge in [0.2, 0.25) is 0 Å². The van der Waals surface area contributed by atoms with Gasteiger partial charge in [-0.05, 0) is 29.3 Å².